The molecule has 1 aromatic rings. The molecular weight excluding hydrogens is 361 g/mol. The third-order valence-corrected chi connectivity index (χ3v) is 4.85. The summed E-state index contributed by atoms with van der Waals surface area (Å²) in [6.45, 7) is 0.781. The highest BCUT2D eigenvalue weighted by Gasteiger charge is 2.54. The zero-order valence-corrected chi connectivity index (χ0v) is 13.7. The monoisotopic (exact) mass is 380 g/mol. The SMILES string of the molecule is NC[C@@H](Cc1ccc(Br)cc1)N1CCC(O)(C(F)(F)F)CC1. The van der Waals surface area contributed by atoms with Crippen LogP contribution in [0.5, 0.6) is 0 Å². The Kier molecular flexibility index (Phi) is 5.53. The normalized spacial score (nSPS) is 20.8. The van der Waals surface area contributed by atoms with E-state index in [1.807, 2.05) is 29.2 Å². The van der Waals surface area contributed by atoms with Gasteiger partial charge >= 0.3 is 6.18 Å². The van der Waals surface area contributed by atoms with E-state index < -0.39 is 11.8 Å². The van der Waals surface area contributed by atoms with Gasteiger partial charge in [-0.25, -0.2) is 0 Å². The van der Waals surface area contributed by atoms with Gasteiger partial charge in [-0.05, 0) is 37.0 Å². The molecule has 0 unspecified atom stereocenters. The van der Waals surface area contributed by atoms with Crippen molar-refractivity contribution >= 4 is 15.9 Å². The van der Waals surface area contributed by atoms with E-state index in [-0.39, 0.29) is 32.0 Å². The van der Waals surface area contributed by atoms with Gasteiger partial charge in [-0.15, -0.1) is 0 Å². The molecule has 3 nitrogen and oxygen atoms in total. The summed E-state index contributed by atoms with van der Waals surface area (Å²) >= 11 is 3.37. The number of benzene rings is 1. The van der Waals surface area contributed by atoms with Crippen molar-refractivity contribution in [3.63, 3.8) is 0 Å². The van der Waals surface area contributed by atoms with Gasteiger partial charge in [-0.2, -0.15) is 13.2 Å². The Balaban J connectivity index is 1.97. The van der Waals surface area contributed by atoms with Crippen molar-refractivity contribution in [2.75, 3.05) is 19.6 Å². The van der Waals surface area contributed by atoms with Crippen LogP contribution in [-0.2, 0) is 6.42 Å². The van der Waals surface area contributed by atoms with Crippen LogP contribution < -0.4 is 5.73 Å². The zero-order valence-electron chi connectivity index (χ0n) is 12.1. The van der Waals surface area contributed by atoms with Crippen LogP contribution in [0.15, 0.2) is 28.7 Å². The minimum Gasteiger partial charge on any atom is -0.380 e. The van der Waals surface area contributed by atoms with Crippen LogP contribution in [0.3, 0.4) is 0 Å². The first kappa shape index (κ1) is 17.7. The second-order valence-electron chi connectivity index (χ2n) is 5.79. The first-order valence-corrected chi connectivity index (χ1v) is 8.02. The summed E-state index contributed by atoms with van der Waals surface area (Å²) < 4.78 is 39.4. The number of rotatable bonds is 4. The molecular formula is C15H20BrF3N2O. The molecule has 0 saturated carbocycles. The van der Waals surface area contributed by atoms with Crippen LogP contribution >= 0.6 is 15.9 Å². The van der Waals surface area contributed by atoms with Crippen LogP contribution in [0.4, 0.5) is 13.2 Å². The molecule has 1 aromatic carbocycles. The molecule has 0 radical (unpaired) electrons. The Labute approximate surface area is 136 Å². The van der Waals surface area contributed by atoms with E-state index in [4.69, 9.17) is 5.73 Å². The average Bonchev–Trinajstić information content (AvgIpc) is 2.47. The highest BCUT2D eigenvalue weighted by molar-refractivity contribution is 9.10. The van der Waals surface area contributed by atoms with Gasteiger partial charge in [0.1, 0.15) is 0 Å². The van der Waals surface area contributed by atoms with Gasteiger partial charge in [0.25, 0.3) is 0 Å². The summed E-state index contributed by atoms with van der Waals surface area (Å²) in [7, 11) is 0. The maximum absolute atomic E-state index is 12.8. The quantitative estimate of drug-likeness (QED) is 0.844. The van der Waals surface area contributed by atoms with Crippen molar-refractivity contribution in [1.82, 2.24) is 4.90 Å². The summed E-state index contributed by atoms with van der Waals surface area (Å²) in [6, 6.07) is 7.80. The minimum absolute atomic E-state index is 0.0149. The number of nitrogens with zero attached hydrogens (tertiary/aromatic N) is 1. The molecule has 2 rings (SSSR count). The molecule has 22 heavy (non-hydrogen) atoms. The Morgan fingerprint density at radius 1 is 1.23 bits per heavy atom. The van der Waals surface area contributed by atoms with Crippen LogP contribution in [0.2, 0.25) is 0 Å². The summed E-state index contributed by atoms with van der Waals surface area (Å²) in [5.74, 6) is 0. The molecule has 0 spiro atoms. The summed E-state index contributed by atoms with van der Waals surface area (Å²) in [5.41, 5.74) is 4.34. The number of hydrogen-bond donors (Lipinski definition) is 2. The second kappa shape index (κ2) is 6.86. The Hall–Kier alpha value is -0.630. The van der Waals surface area contributed by atoms with Gasteiger partial charge in [0.2, 0.25) is 0 Å². The smallest absolute Gasteiger partial charge is 0.380 e. The van der Waals surface area contributed by atoms with Crippen molar-refractivity contribution in [1.29, 1.82) is 0 Å². The van der Waals surface area contributed by atoms with Crippen LogP contribution in [0, 0.1) is 0 Å². The molecule has 1 aliphatic heterocycles. The molecule has 0 amide bonds. The lowest BCUT2D eigenvalue weighted by atomic mass is 9.89. The molecule has 1 saturated heterocycles. The van der Waals surface area contributed by atoms with E-state index in [1.54, 1.807) is 0 Å². The lowest BCUT2D eigenvalue weighted by Gasteiger charge is -2.42. The standard InChI is InChI=1S/C15H20BrF3N2O/c16-12-3-1-11(2-4-12)9-13(10-20)21-7-5-14(22,6-8-21)15(17,18)19/h1-4,13,22H,5-10,20H2/t13-/m1/s1. The molecule has 7 heteroatoms. The van der Waals surface area contributed by atoms with Crippen LogP contribution in [-0.4, -0.2) is 47.5 Å². The van der Waals surface area contributed by atoms with Gasteiger partial charge in [-0.1, -0.05) is 28.1 Å². The van der Waals surface area contributed by atoms with Gasteiger partial charge in [0.15, 0.2) is 5.60 Å². The molecule has 0 aliphatic carbocycles. The molecule has 1 atom stereocenters. The van der Waals surface area contributed by atoms with Crippen molar-refractivity contribution in [2.24, 2.45) is 5.73 Å². The molecule has 3 N–H and O–H groups in total. The van der Waals surface area contributed by atoms with Crippen molar-refractivity contribution in [3.05, 3.63) is 34.3 Å². The fourth-order valence-electron chi connectivity index (χ4n) is 2.80. The lowest BCUT2D eigenvalue weighted by Crippen LogP contribution is -2.56. The maximum Gasteiger partial charge on any atom is 0.417 e. The van der Waals surface area contributed by atoms with Crippen molar-refractivity contribution < 1.29 is 18.3 Å². The number of likely N-dealkylation sites (tertiary alicyclic amines) is 1. The Morgan fingerprint density at radius 2 is 1.77 bits per heavy atom. The molecule has 0 aromatic heterocycles. The lowest BCUT2D eigenvalue weighted by molar-refractivity contribution is -0.273. The third kappa shape index (κ3) is 4.01. The predicted octanol–water partition coefficient (Wildman–Crippen LogP) is 2.71. The minimum atomic E-state index is -4.57. The number of alkyl halides is 3. The molecule has 0 bridgehead atoms. The van der Waals surface area contributed by atoms with Gasteiger partial charge in [-0.3, -0.25) is 4.90 Å². The fourth-order valence-corrected chi connectivity index (χ4v) is 3.06. The van der Waals surface area contributed by atoms with Crippen molar-refractivity contribution in [3.8, 4) is 0 Å². The van der Waals surface area contributed by atoms with E-state index in [2.05, 4.69) is 15.9 Å². The van der Waals surface area contributed by atoms with Crippen LogP contribution in [0.1, 0.15) is 18.4 Å². The summed E-state index contributed by atoms with van der Waals surface area (Å²) in [6.07, 6.45) is -4.47. The van der Waals surface area contributed by atoms with E-state index in [0.717, 1.165) is 10.0 Å². The third-order valence-electron chi connectivity index (χ3n) is 4.33. The van der Waals surface area contributed by atoms with Crippen LogP contribution in [0.25, 0.3) is 0 Å². The predicted molar refractivity (Wildman–Crippen MR) is 82.5 cm³/mol. The Morgan fingerprint density at radius 3 is 2.23 bits per heavy atom. The fraction of sp³-hybridized carbons (Fsp3) is 0.600. The maximum atomic E-state index is 12.8. The highest BCUT2D eigenvalue weighted by atomic mass is 79.9. The number of nitrogens with two attached hydrogens (primary N) is 1. The summed E-state index contributed by atoms with van der Waals surface area (Å²) in [5, 5.41) is 9.71. The zero-order chi connectivity index (χ0) is 16.4. The molecule has 1 fully saturated rings. The summed E-state index contributed by atoms with van der Waals surface area (Å²) in [4.78, 5) is 1.95. The van der Waals surface area contributed by atoms with Gasteiger partial charge < -0.3 is 10.8 Å². The first-order chi connectivity index (χ1) is 10.2. The second-order valence-corrected chi connectivity index (χ2v) is 6.70. The van der Waals surface area contributed by atoms with E-state index in [1.165, 1.54) is 0 Å². The molecule has 1 heterocycles. The number of halogens is 4. The average molecular weight is 381 g/mol. The first-order valence-electron chi connectivity index (χ1n) is 7.23. The van der Waals surface area contributed by atoms with Gasteiger partial charge in [0, 0.05) is 30.1 Å². The number of hydrogen-bond acceptors (Lipinski definition) is 3. The molecule has 1 aliphatic rings. The van der Waals surface area contributed by atoms with E-state index >= 15 is 0 Å². The van der Waals surface area contributed by atoms with E-state index in [0.29, 0.717) is 13.0 Å². The van der Waals surface area contributed by atoms with Gasteiger partial charge in [0.05, 0.1) is 0 Å². The van der Waals surface area contributed by atoms with E-state index in [9.17, 15) is 18.3 Å². The largest absolute Gasteiger partial charge is 0.417 e. The molecule has 124 valence electrons. The number of piperidine rings is 1. The van der Waals surface area contributed by atoms with Crippen molar-refractivity contribution in [2.45, 2.75) is 37.1 Å². The topological polar surface area (TPSA) is 49.5 Å². The highest BCUT2D eigenvalue weighted by Crippen LogP contribution is 2.38. The number of aliphatic hydroxyl groups is 1. The Bertz CT molecular complexity index is 485.